The van der Waals surface area contributed by atoms with E-state index in [2.05, 4.69) is 5.32 Å². The molecule has 2 aromatic carbocycles. The summed E-state index contributed by atoms with van der Waals surface area (Å²) < 4.78 is 34.1. The fourth-order valence-electron chi connectivity index (χ4n) is 3.85. The number of ether oxygens (including phenoxy) is 1. The standard InChI is InChI=1S/C21H20Cl2F2N2O3/c22-12-1-3-16(14(24)9-12)27-7-5-21(29,6-8-27)11-30-17-10-15(25)19(23)20-13(17)2-4-18(28)26-20/h1,3,9-10,29H,2,4-8,11H2,(H,26,28). The molecule has 1 fully saturated rings. The highest BCUT2D eigenvalue weighted by Crippen LogP contribution is 2.40. The van der Waals surface area contributed by atoms with Crippen LogP contribution in [0, 0.1) is 11.6 Å². The van der Waals surface area contributed by atoms with E-state index in [9.17, 15) is 18.7 Å². The number of hydrogen-bond donors (Lipinski definition) is 2. The third kappa shape index (κ3) is 4.19. The molecule has 2 N–H and O–H groups in total. The van der Waals surface area contributed by atoms with Crippen LogP contribution in [0.15, 0.2) is 24.3 Å². The van der Waals surface area contributed by atoms with Crippen molar-refractivity contribution in [2.24, 2.45) is 0 Å². The molecule has 5 nitrogen and oxygen atoms in total. The van der Waals surface area contributed by atoms with Crippen molar-refractivity contribution in [1.82, 2.24) is 0 Å². The number of carbonyl (C=O) groups is 1. The highest BCUT2D eigenvalue weighted by atomic mass is 35.5. The van der Waals surface area contributed by atoms with Crippen molar-refractivity contribution < 1.29 is 23.4 Å². The molecule has 0 spiro atoms. The first-order valence-corrected chi connectivity index (χ1v) is 10.4. The molecular formula is C21H20Cl2F2N2O3. The number of amides is 1. The zero-order valence-corrected chi connectivity index (χ0v) is 17.5. The predicted molar refractivity (Wildman–Crippen MR) is 112 cm³/mol. The van der Waals surface area contributed by atoms with E-state index < -0.39 is 17.2 Å². The molecule has 0 aromatic heterocycles. The summed E-state index contributed by atoms with van der Waals surface area (Å²) in [5.74, 6) is -1.09. The molecule has 0 bridgehead atoms. The topological polar surface area (TPSA) is 61.8 Å². The lowest BCUT2D eigenvalue weighted by Gasteiger charge is -2.39. The van der Waals surface area contributed by atoms with E-state index in [1.54, 1.807) is 12.1 Å². The van der Waals surface area contributed by atoms with Gasteiger partial charge in [-0.3, -0.25) is 4.79 Å². The minimum absolute atomic E-state index is 0.0502. The number of nitrogens with one attached hydrogen (secondary N) is 1. The molecule has 2 aromatic rings. The van der Waals surface area contributed by atoms with Crippen LogP contribution in [0.25, 0.3) is 0 Å². The van der Waals surface area contributed by atoms with E-state index in [1.165, 1.54) is 12.1 Å². The first-order valence-electron chi connectivity index (χ1n) is 9.62. The van der Waals surface area contributed by atoms with E-state index in [4.69, 9.17) is 27.9 Å². The van der Waals surface area contributed by atoms with E-state index >= 15 is 0 Å². The normalized spacial score (nSPS) is 18.0. The molecule has 30 heavy (non-hydrogen) atoms. The third-order valence-corrected chi connectivity index (χ3v) is 6.20. The lowest BCUT2D eigenvalue weighted by molar-refractivity contribution is -0.116. The Hall–Kier alpha value is -2.09. The van der Waals surface area contributed by atoms with E-state index in [1.807, 2.05) is 4.90 Å². The lowest BCUT2D eigenvalue weighted by Crippen LogP contribution is -2.48. The van der Waals surface area contributed by atoms with Gasteiger partial charge in [0.1, 0.15) is 34.6 Å². The van der Waals surface area contributed by atoms with Gasteiger partial charge < -0.3 is 20.1 Å². The Balaban J connectivity index is 1.44. The Bertz CT molecular complexity index is 995. The van der Waals surface area contributed by atoms with Crippen molar-refractivity contribution in [2.75, 3.05) is 29.9 Å². The molecule has 0 unspecified atom stereocenters. The van der Waals surface area contributed by atoms with Crippen molar-refractivity contribution in [3.8, 4) is 5.75 Å². The Morgan fingerprint density at radius 2 is 1.87 bits per heavy atom. The average molecular weight is 457 g/mol. The third-order valence-electron chi connectivity index (χ3n) is 5.59. The minimum atomic E-state index is -1.14. The number of fused-ring (bicyclic) bond motifs is 1. The number of piperidine rings is 1. The molecule has 1 amide bonds. The van der Waals surface area contributed by atoms with Crippen molar-refractivity contribution in [2.45, 2.75) is 31.3 Å². The maximum absolute atomic E-state index is 14.2. The van der Waals surface area contributed by atoms with Gasteiger partial charge in [-0.2, -0.15) is 0 Å². The zero-order chi connectivity index (χ0) is 21.5. The van der Waals surface area contributed by atoms with Crippen LogP contribution in [-0.4, -0.2) is 36.3 Å². The van der Waals surface area contributed by atoms with Crippen molar-refractivity contribution >= 4 is 40.5 Å². The highest BCUT2D eigenvalue weighted by molar-refractivity contribution is 6.34. The Morgan fingerprint density at radius 3 is 2.57 bits per heavy atom. The van der Waals surface area contributed by atoms with Gasteiger partial charge in [0.2, 0.25) is 5.91 Å². The average Bonchev–Trinajstić information content (AvgIpc) is 2.71. The van der Waals surface area contributed by atoms with Crippen LogP contribution in [0.2, 0.25) is 10.0 Å². The molecule has 0 atom stereocenters. The lowest BCUT2D eigenvalue weighted by atomic mass is 9.92. The SMILES string of the molecule is O=C1CCc2c(OCC3(O)CCN(c4ccc(Cl)cc4F)CC3)cc(F)c(Cl)c2N1. The Morgan fingerprint density at radius 1 is 1.13 bits per heavy atom. The van der Waals surface area contributed by atoms with Crippen LogP contribution in [0.3, 0.4) is 0 Å². The van der Waals surface area contributed by atoms with Gasteiger partial charge in [-0.25, -0.2) is 8.78 Å². The first kappa shape index (κ1) is 21.2. The van der Waals surface area contributed by atoms with E-state index in [0.717, 1.165) is 0 Å². The molecule has 1 saturated heterocycles. The second-order valence-electron chi connectivity index (χ2n) is 7.67. The molecule has 0 radical (unpaired) electrons. The van der Waals surface area contributed by atoms with Crippen molar-refractivity contribution in [3.63, 3.8) is 0 Å². The summed E-state index contributed by atoms with van der Waals surface area (Å²) in [7, 11) is 0. The number of benzene rings is 2. The molecule has 0 aliphatic carbocycles. The molecule has 9 heteroatoms. The van der Waals surface area contributed by atoms with Gasteiger partial charge in [0.25, 0.3) is 0 Å². The number of carbonyl (C=O) groups excluding carboxylic acids is 1. The van der Waals surface area contributed by atoms with Gasteiger partial charge >= 0.3 is 0 Å². The van der Waals surface area contributed by atoms with Gasteiger partial charge in [-0.1, -0.05) is 23.2 Å². The second kappa shape index (κ2) is 8.21. The van der Waals surface area contributed by atoms with E-state index in [0.29, 0.717) is 48.6 Å². The Kier molecular flexibility index (Phi) is 5.79. The van der Waals surface area contributed by atoms with Crippen LogP contribution in [-0.2, 0) is 11.2 Å². The summed E-state index contributed by atoms with van der Waals surface area (Å²) >= 11 is 11.8. The summed E-state index contributed by atoms with van der Waals surface area (Å²) in [6.45, 7) is 0.814. The fourth-order valence-corrected chi connectivity index (χ4v) is 4.22. The monoisotopic (exact) mass is 456 g/mol. The molecule has 4 rings (SSSR count). The van der Waals surface area contributed by atoms with Crippen LogP contribution in [0.1, 0.15) is 24.8 Å². The van der Waals surface area contributed by atoms with Crippen LogP contribution in [0.4, 0.5) is 20.2 Å². The molecule has 2 aliphatic heterocycles. The fraction of sp³-hybridized carbons (Fsp3) is 0.381. The number of anilines is 2. The molecule has 0 saturated carbocycles. The summed E-state index contributed by atoms with van der Waals surface area (Å²) in [4.78, 5) is 13.5. The summed E-state index contributed by atoms with van der Waals surface area (Å²) in [6, 6.07) is 5.69. The van der Waals surface area contributed by atoms with Gasteiger partial charge in [0, 0.05) is 36.2 Å². The number of aliphatic hydroxyl groups is 1. The van der Waals surface area contributed by atoms with Crippen molar-refractivity contribution in [3.05, 3.63) is 51.5 Å². The Labute approximate surface area is 182 Å². The smallest absolute Gasteiger partial charge is 0.224 e. The number of hydrogen-bond acceptors (Lipinski definition) is 4. The number of halogens is 4. The summed E-state index contributed by atoms with van der Waals surface area (Å²) in [5.41, 5.74) is 0.139. The predicted octanol–water partition coefficient (Wildman–Crippen LogP) is 4.57. The molecular weight excluding hydrogens is 437 g/mol. The highest BCUT2D eigenvalue weighted by Gasteiger charge is 2.35. The molecule has 2 heterocycles. The maximum Gasteiger partial charge on any atom is 0.224 e. The van der Waals surface area contributed by atoms with Gasteiger partial charge in [-0.05, 0) is 37.5 Å². The maximum atomic E-state index is 14.2. The number of rotatable bonds is 4. The second-order valence-corrected chi connectivity index (χ2v) is 8.48. The van der Waals surface area contributed by atoms with Crippen LogP contribution < -0.4 is 15.0 Å². The van der Waals surface area contributed by atoms with Crippen LogP contribution in [0.5, 0.6) is 5.75 Å². The zero-order valence-electron chi connectivity index (χ0n) is 16.0. The minimum Gasteiger partial charge on any atom is -0.490 e. The van der Waals surface area contributed by atoms with E-state index in [-0.39, 0.29) is 35.4 Å². The molecule has 160 valence electrons. The summed E-state index contributed by atoms with van der Waals surface area (Å²) in [5, 5.41) is 13.7. The largest absolute Gasteiger partial charge is 0.490 e. The van der Waals surface area contributed by atoms with Gasteiger partial charge in [0.15, 0.2) is 0 Å². The van der Waals surface area contributed by atoms with Crippen LogP contribution >= 0.6 is 23.2 Å². The quantitative estimate of drug-likeness (QED) is 0.707. The van der Waals surface area contributed by atoms with Gasteiger partial charge in [-0.15, -0.1) is 0 Å². The van der Waals surface area contributed by atoms with Gasteiger partial charge in [0.05, 0.1) is 11.4 Å². The first-order chi connectivity index (χ1) is 14.3. The number of nitrogens with zero attached hydrogens (tertiary/aromatic N) is 1. The van der Waals surface area contributed by atoms with Crippen molar-refractivity contribution in [1.29, 1.82) is 0 Å². The summed E-state index contributed by atoms with van der Waals surface area (Å²) in [6.07, 6.45) is 1.32. The molecule has 2 aliphatic rings.